The molecule has 0 bridgehead atoms. The number of carbonyl (C=O) groups excluding carboxylic acids is 1. The van der Waals surface area contributed by atoms with Crippen LogP contribution in [0.4, 0.5) is 13.2 Å². The fourth-order valence-electron chi connectivity index (χ4n) is 1.63. The number of nitrogens with one attached hydrogen (secondary N) is 2. The first-order chi connectivity index (χ1) is 10.7. The van der Waals surface area contributed by atoms with Crippen LogP contribution in [0.15, 0.2) is 29.2 Å². The number of halogens is 4. The maximum Gasteiger partial charge on any atom is 0.405 e. The zero-order valence-electron chi connectivity index (χ0n) is 12.6. The molecule has 0 saturated heterocycles. The fraction of sp³-hybridized carbons (Fsp3) is 0.462. The van der Waals surface area contributed by atoms with Gasteiger partial charge in [-0.3, -0.25) is 4.79 Å². The summed E-state index contributed by atoms with van der Waals surface area (Å²) in [6.07, 6.45) is -3.24. The molecular formula is C13H19ClF3N3O3S. The third kappa shape index (κ3) is 7.95. The van der Waals surface area contributed by atoms with Gasteiger partial charge in [0.1, 0.15) is 6.54 Å². The number of hydrogen-bond acceptors (Lipinski definition) is 4. The number of rotatable bonds is 8. The van der Waals surface area contributed by atoms with Crippen LogP contribution in [0, 0.1) is 0 Å². The number of nitrogens with two attached hydrogens (primary N) is 1. The first kappa shape index (κ1) is 22.6. The quantitative estimate of drug-likeness (QED) is 0.585. The molecule has 0 aromatic heterocycles. The molecule has 0 aliphatic carbocycles. The second-order valence-electron chi connectivity index (χ2n) is 4.72. The van der Waals surface area contributed by atoms with E-state index in [1.54, 1.807) is 5.32 Å². The van der Waals surface area contributed by atoms with Gasteiger partial charge in [-0.05, 0) is 43.7 Å². The van der Waals surface area contributed by atoms with Gasteiger partial charge in [0.2, 0.25) is 10.0 Å². The van der Waals surface area contributed by atoms with E-state index in [0.717, 1.165) is 24.3 Å². The molecule has 1 aromatic rings. The van der Waals surface area contributed by atoms with Gasteiger partial charge in [0, 0.05) is 12.1 Å². The third-order valence-electron chi connectivity index (χ3n) is 2.80. The number of carbonyl (C=O) groups is 1. The molecular weight excluding hydrogens is 371 g/mol. The minimum Gasteiger partial charge on any atom is -0.343 e. The van der Waals surface area contributed by atoms with E-state index >= 15 is 0 Å². The van der Waals surface area contributed by atoms with Gasteiger partial charge in [-0.25, -0.2) is 13.1 Å². The van der Waals surface area contributed by atoms with Crippen LogP contribution < -0.4 is 15.8 Å². The monoisotopic (exact) mass is 389 g/mol. The molecule has 0 aliphatic rings. The zero-order chi connectivity index (χ0) is 17.5. The second kappa shape index (κ2) is 9.82. The lowest BCUT2D eigenvalue weighted by Gasteiger charge is -2.09. The van der Waals surface area contributed by atoms with Crippen molar-refractivity contribution >= 4 is 28.3 Å². The summed E-state index contributed by atoms with van der Waals surface area (Å²) in [7, 11) is -3.72. The Morgan fingerprint density at radius 3 is 2.21 bits per heavy atom. The summed E-state index contributed by atoms with van der Waals surface area (Å²) in [6.45, 7) is -0.759. The van der Waals surface area contributed by atoms with Crippen molar-refractivity contribution in [2.45, 2.75) is 23.9 Å². The van der Waals surface area contributed by atoms with Gasteiger partial charge in [-0.2, -0.15) is 13.2 Å². The molecule has 0 heterocycles. The Morgan fingerprint density at radius 2 is 1.71 bits per heavy atom. The van der Waals surface area contributed by atoms with E-state index in [2.05, 4.69) is 4.72 Å². The Morgan fingerprint density at radius 1 is 1.12 bits per heavy atom. The SMILES string of the molecule is Cl.NCCCCNS(=O)(=O)c1ccc(C(=O)NCC(F)(F)F)cc1. The number of alkyl halides is 3. The highest BCUT2D eigenvalue weighted by molar-refractivity contribution is 7.89. The summed E-state index contributed by atoms with van der Waals surface area (Å²) in [5.74, 6) is -0.929. The van der Waals surface area contributed by atoms with Crippen LogP contribution in [0.5, 0.6) is 0 Å². The molecule has 6 nitrogen and oxygen atoms in total. The van der Waals surface area contributed by atoms with E-state index < -0.39 is 28.7 Å². The lowest BCUT2D eigenvalue weighted by molar-refractivity contribution is -0.123. The highest BCUT2D eigenvalue weighted by atomic mass is 35.5. The molecule has 24 heavy (non-hydrogen) atoms. The van der Waals surface area contributed by atoms with Crippen molar-refractivity contribution in [2.24, 2.45) is 5.73 Å². The minimum absolute atomic E-state index is 0. The lowest BCUT2D eigenvalue weighted by Crippen LogP contribution is -2.33. The number of sulfonamides is 1. The summed E-state index contributed by atoms with van der Waals surface area (Å²) in [5.41, 5.74) is 5.24. The van der Waals surface area contributed by atoms with Crippen LogP contribution in [-0.4, -0.2) is 40.1 Å². The van der Waals surface area contributed by atoms with Gasteiger partial charge in [0.15, 0.2) is 0 Å². The second-order valence-corrected chi connectivity index (χ2v) is 6.48. The topological polar surface area (TPSA) is 101 Å². The van der Waals surface area contributed by atoms with Crippen molar-refractivity contribution in [3.8, 4) is 0 Å². The predicted molar refractivity (Wildman–Crippen MR) is 85.6 cm³/mol. The Balaban J connectivity index is 0.00000529. The molecule has 0 atom stereocenters. The maximum absolute atomic E-state index is 12.0. The van der Waals surface area contributed by atoms with Gasteiger partial charge in [0.25, 0.3) is 5.91 Å². The zero-order valence-corrected chi connectivity index (χ0v) is 14.2. The molecule has 4 N–H and O–H groups in total. The van der Waals surface area contributed by atoms with Crippen LogP contribution in [-0.2, 0) is 10.0 Å². The van der Waals surface area contributed by atoms with Gasteiger partial charge in [0.05, 0.1) is 4.90 Å². The predicted octanol–water partition coefficient (Wildman–Crippen LogP) is 1.42. The Kier molecular flexibility index (Phi) is 9.26. The molecule has 0 saturated carbocycles. The van der Waals surface area contributed by atoms with E-state index in [1.165, 1.54) is 0 Å². The van der Waals surface area contributed by atoms with E-state index in [0.29, 0.717) is 19.4 Å². The average molecular weight is 390 g/mol. The molecule has 1 rings (SSSR count). The van der Waals surface area contributed by atoms with Crippen LogP contribution in [0.25, 0.3) is 0 Å². The number of hydrogen-bond donors (Lipinski definition) is 3. The highest BCUT2D eigenvalue weighted by Crippen LogP contribution is 2.14. The smallest absolute Gasteiger partial charge is 0.343 e. The molecule has 1 aromatic carbocycles. The molecule has 11 heteroatoms. The van der Waals surface area contributed by atoms with E-state index in [1.807, 2.05) is 0 Å². The van der Waals surface area contributed by atoms with Gasteiger partial charge in [-0.15, -0.1) is 12.4 Å². The number of benzene rings is 1. The first-order valence-corrected chi connectivity index (χ1v) is 8.29. The number of amides is 1. The van der Waals surface area contributed by atoms with Gasteiger partial charge in [-0.1, -0.05) is 0 Å². The van der Waals surface area contributed by atoms with Crippen LogP contribution in [0.2, 0.25) is 0 Å². The van der Waals surface area contributed by atoms with Crippen molar-refractivity contribution in [1.82, 2.24) is 10.0 Å². The van der Waals surface area contributed by atoms with Gasteiger partial charge >= 0.3 is 6.18 Å². The molecule has 0 radical (unpaired) electrons. The lowest BCUT2D eigenvalue weighted by atomic mass is 10.2. The summed E-state index contributed by atoms with van der Waals surface area (Å²) >= 11 is 0. The van der Waals surface area contributed by atoms with Gasteiger partial charge < -0.3 is 11.1 Å². The normalized spacial score (nSPS) is 11.7. The average Bonchev–Trinajstić information content (AvgIpc) is 2.48. The Hall–Kier alpha value is -1.36. The Bertz CT molecular complexity index is 622. The van der Waals surface area contributed by atoms with E-state index in [-0.39, 0.29) is 29.4 Å². The number of unbranched alkanes of at least 4 members (excludes halogenated alkanes) is 1. The van der Waals surface area contributed by atoms with Crippen molar-refractivity contribution in [3.63, 3.8) is 0 Å². The summed E-state index contributed by atoms with van der Waals surface area (Å²) < 4.78 is 62.3. The van der Waals surface area contributed by atoms with E-state index in [4.69, 9.17) is 5.73 Å². The molecule has 0 spiro atoms. The van der Waals surface area contributed by atoms with Crippen LogP contribution >= 0.6 is 12.4 Å². The molecule has 0 fully saturated rings. The molecule has 1 amide bonds. The van der Waals surface area contributed by atoms with Crippen molar-refractivity contribution in [1.29, 1.82) is 0 Å². The Labute approximate surface area is 144 Å². The standard InChI is InChI=1S/C13H18F3N3O3S.ClH/c14-13(15,16)9-18-12(20)10-3-5-11(6-4-10)23(21,22)19-8-2-1-7-17;/h3-6,19H,1-2,7-9,17H2,(H,18,20);1H. The summed E-state index contributed by atoms with van der Waals surface area (Å²) in [4.78, 5) is 11.4. The highest BCUT2D eigenvalue weighted by Gasteiger charge is 2.28. The molecule has 0 aliphatic heterocycles. The third-order valence-corrected chi connectivity index (χ3v) is 4.28. The largest absolute Gasteiger partial charge is 0.405 e. The molecule has 138 valence electrons. The first-order valence-electron chi connectivity index (χ1n) is 6.80. The minimum atomic E-state index is -4.51. The van der Waals surface area contributed by atoms with E-state index in [9.17, 15) is 26.4 Å². The fourth-order valence-corrected chi connectivity index (χ4v) is 2.70. The van der Waals surface area contributed by atoms with Crippen LogP contribution in [0.3, 0.4) is 0 Å². The van der Waals surface area contributed by atoms with Crippen molar-refractivity contribution in [3.05, 3.63) is 29.8 Å². The maximum atomic E-state index is 12.0. The summed E-state index contributed by atoms with van der Waals surface area (Å²) in [6, 6.07) is 4.63. The van der Waals surface area contributed by atoms with Crippen molar-refractivity contribution < 1.29 is 26.4 Å². The molecule has 0 unspecified atom stereocenters. The van der Waals surface area contributed by atoms with Crippen LogP contribution in [0.1, 0.15) is 23.2 Å². The summed E-state index contributed by atoms with van der Waals surface area (Å²) in [5, 5.41) is 1.70. The van der Waals surface area contributed by atoms with Crippen molar-refractivity contribution in [2.75, 3.05) is 19.6 Å².